The van der Waals surface area contributed by atoms with Crippen molar-refractivity contribution in [3.8, 4) is 0 Å². The topological polar surface area (TPSA) is 46.6 Å². The molecule has 0 aromatic heterocycles. The highest BCUT2D eigenvalue weighted by Crippen LogP contribution is 2.21. The van der Waals surface area contributed by atoms with E-state index in [2.05, 4.69) is 0 Å². The molecule has 0 N–H and O–H groups in total. The van der Waals surface area contributed by atoms with Gasteiger partial charge in [0.25, 0.3) is 0 Å². The van der Waals surface area contributed by atoms with Crippen LogP contribution < -0.4 is 4.90 Å². The third-order valence-electron chi connectivity index (χ3n) is 3.05. The minimum absolute atomic E-state index is 0.0900. The highest BCUT2D eigenvalue weighted by Gasteiger charge is 2.19. The lowest BCUT2D eigenvalue weighted by Gasteiger charge is -2.21. The number of hydrogen-bond donors (Lipinski definition) is 0. The lowest BCUT2D eigenvalue weighted by atomic mass is 10.1. The molecular formula is C17H25NO3. The lowest BCUT2D eigenvalue weighted by Crippen LogP contribution is -2.29. The quantitative estimate of drug-likeness (QED) is 0.799. The number of esters is 1. The number of ether oxygens (including phenoxy) is 1. The van der Waals surface area contributed by atoms with Crippen LogP contribution in [-0.2, 0) is 14.3 Å². The zero-order valence-corrected chi connectivity index (χ0v) is 13.8. The van der Waals surface area contributed by atoms with Crippen LogP contribution in [0.5, 0.6) is 0 Å². The van der Waals surface area contributed by atoms with Crippen LogP contribution in [0.15, 0.2) is 18.2 Å². The summed E-state index contributed by atoms with van der Waals surface area (Å²) >= 11 is 0. The Morgan fingerprint density at radius 2 is 1.76 bits per heavy atom. The van der Waals surface area contributed by atoms with Gasteiger partial charge in [-0.3, -0.25) is 9.59 Å². The second-order valence-corrected chi connectivity index (χ2v) is 6.33. The van der Waals surface area contributed by atoms with Crippen molar-refractivity contribution in [2.24, 2.45) is 0 Å². The van der Waals surface area contributed by atoms with E-state index in [0.717, 1.165) is 16.8 Å². The third kappa shape index (κ3) is 5.58. The Hall–Kier alpha value is -1.84. The van der Waals surface area contributed by atoms with Crippen LogP contribution in [0.2, 0.25) is 0 Å². The van der Waals surface area contributed by atoms with Gasteiger partial charge in [-0.15, -0.1) is 0 Å². The van der Waals surface area contributed by atoms with Crippen molar-refractivity contribution in [2.45, 2.75) is 53.1 Å². The Morgan fingerprint density at radius 3 is 2.29 bits per heavy atom. The molecule has 4 heteroatoms. The molecule has 0 saturated carbocycles. The normalized spacial score (nSPS) is 11.1. The molecular weight excluding hydrogens is 266 g/mol. The van der Waals surface area contributed by atoms with Gasteiger partial charge in [-0.1, -0.05) is 17.7 Å². The van der Waals surface area contributed by atoms with E-state index in [1.54, 1.807) is 11.9 Å². The highest BCUT2D eigenvalue weighted by molar-refractivity contribution is 5.95. The van der Waals surface area contributed by atoms with Gasteiger partial charge in [0, 0.05) is 19.2 Å². The molecule has 1 aromatic carbocycles. The molecule has 1 aromatic rings. The van der Waals surface area contributed by atoms with E-state index in [9.17, 15) is 9.59 Å². The van der Waals surface area contributed by atoms with Gasteiger partial charge in [0.1, 0.15) is 5.60 Å². The summed E-state index contributed by atoms with van der Waals surface area (Å²) in [5, 5.41) is 0. The number of carbonyl (C=O) groups excluding carboxylic acids is 2. The Morgan fingerprint density at radius 1 is 1.14 bits per heavy atom. The smallest absolute Gasteiger partial charge is 0.306 e. The van der Waals surface area contributed by atoms with Crippen LogP contribution in [0.1, 0.15) is 44.7 Å². The summed E-state index contributed by atoms with van der Waals surface area (Å²) in [5.74, 6) is -0.433. The Balaban J connectivity index is 2.61. The molecule has 1 amide bonds. The maximum absolute atomic E-state index is 12.2. The predicted octanol–water partition coefficient (Wildman–Crippen LogP) is 3.39. The number of benzene rings is 1. The first-order chi connectivity index (χ1) is 9.60. The number of aryl methyl sites for hydroxylation is 2. The summed E-state index contributed by atoms with van der Waals surface area (Å²) in [7, 11) is 1.73. The van der Waals surface area contributed by atoms with Gasteiger partial charge in [0.15, 0.2) is 0 Å². The molecule has 1 rings (SSSR count). The van der Waals surface area contributed by atoms with Gasteiger partial charge in [-0.2, -0.15) is 0 Å². The van der Waals surface area contributed by atoms with E-state index in [1.165, 1.54) is 0 Å². The minimum atomic E-state index is -0.514. The van der Waals surface area contributed by atoms with Gasteiger partial charge in [0.2, 0.25) is 5.91 Å². The third-order valence-corrected chi connectivity index (χ3v) is 3.05. The van der Waals surface area contributed by atoms with Crippen molar-refractivity contribution in [1.29, 1.82) is 0 Å². The van der Waals surface area contributed by atoms with E-state index < -0.39 is 5.60 Å². The van der Waals surface area contributed by atoms with E-state index >= 15 is 0 Å². The fourth-order valence-electron chi connectivity index (χ4n) is 2.09. The van der Waals surface area contributed by atoms with Crippen molar-refractivity contribution in [3.05, 3.63) is 29.3 Å². The number of hydrogen-bond acceptors (Lipinski definition) is 3. The fourth-order valence-corrected chi connectivity index (χ4v) is 2.09. The fraction of sp³-hybridized carbons (Fsp3) is 0.529. The molecule has 0 heterocycles. The van der Waals surface area contributed by atoms with Crippen molar-refractivity contribution >= 4 is 17.6 Å². The number of nitrogens with zero attached hydrogens (tertiary/aromatic N) is 1. The first-order valence-corrected chi connectivity index (χ1v) is 7.16. The van der Waals surface area contributed by atoms with Crippen LogP contribution in [0, 0.1) is 13.8 Å². The Labute approximate surface area is 127 Å². The molecule has 0 aliphatic rings. The lowest BCUT2D eigenvalue weighted by molar-refractivity contribution is -0.155. The van der Waals surface area contributed by atoms with Crippen LogP contribution in [0.25, 0.3) is 0 Å². The van der Waals surface area contributed by atoms with E-state index in [-0.39, 0.29) is 24.7 Å². The average molecular weight is 291 g/mol. The molecule has 4 nitrogen and oxygen atoms in total. The van der Waals surface area contributed by atoms with Crippen molar-refractivity contribution < 1.29 is 14.3 Å². The van der Waals surface area contributed by atoms with Crippen molar-refractivity contribution in [1.82, 2.24) is 0 Å². The zero-order chi connectivity index (χ0) is 16.2. The van der Waals surface area contributed by atoms with Gasteiger partial charge in [-0.05, 0) is 46.2 Å². The maximum Gasteiger partial charge on any atom is 0.306 e. The van der Waals surface area contributed by atoms with Gasteiger partial charge >= 0.3 is 5.97 Å². The summed E-state index contributed by atoms with van der Waals surface area (Å²) in [6.45, 7) is 9.43. The van der Waals surface area contributed by atoms with E-state index in [0.29, 0.717) is 0 Å². The summed E-state index contributed by atoms with van der Waals surface area (Å²) < 4.78 is 5.20. The molecule has 0 spiro atoms. The first-order valence-electron chi connectivity index (χ1n) is 7.16. The molecule has 116 valence electrons. The number of rotatable bonds is 4. The number of anilines is 1. The summed E-state index contributed by atoms with van der Waals surface area (Å²) in [4.78, 5) is 25.4. The molecule has 0 unspecified atom stereocenters. The van der Waals surface area contributed by atoms with Crippen molar-refractivity contribution in [3.63, 3.8) is 0 Å². The average Bonchev–Trinajstić information content (AvgIpc) is 2.33. The Kier molecular flexibility index (Phi) is 5.53. The van der Waals surface area contributed by atoms with Crippen LogP contribution in [-0.4, -0.2) is 24.5 Å². The number of amides is 1. The highest BCUT2D eigenvalue weighted by atomic mass is 16.6. The molecule has 0 bridgehead atoms. The largest absolute Gasteiger partial charge is 0.460 e. The van der Waals surface area contributed by atoms with Gasteiger partial charge < -0.3 is 9.64 Å². The SMILES string of the molecule is Cc1ccc(N(C)C(=O)CCC(=O)OC(C)(C)C)c(C)c1. The molecule has 0 fully saturated rings. The zero-order valence-electron chi connectivity index (χ0n) is 13.8. The second kappa shape index (κ2) is 6.74. The molecule has 0 aliphatic heterocycles. The predicted molar refractivity (Wildman–Crippen MR) is 84.4 cm³/mol. The molecule has 0 aliphatic carbocycles. The Bertz CT molecular complexity index is 529. The second-order valence-electron chi connectivity index (χ2n) is 6.33. The van der Waals surface area contributed by atoms with Crippen LogP contribution in [0.3, 0.4) is 0 Å². The number of carbonyl (C=O) groups is 2. The monoisotopic (exact) mass is 291 g/mol. The van der Waals surface area contributed by atoms with Crippen molar-refractivity contribution in [2.75, 3.05) is 11.9 Å². The van der Waals surface area contributed by atoms with E-state index in [4.69, 9.17) is 4.74 Å². The summed E-state index contributed by atoms with van der Waals surface area (Å²) in [5.41, 5.74) is 2.56. The molecule has 21 heavy (non-hydrogen) atoms. The van der Waals surface area contributed by atoms with Crippen LogP contribution in [0.4, 0.5) is 5.69 Å². The van der Waals surface area contributed by atoms with Crippen LogP contribution >= 0.6 is 0 Å². The molecule has 0 saturated heterocycles. The summed E-state index contributed by atoms with van der Waals surface area (Å²) in [6.07, 6.45) is 0.254. The maximum atomic E-state index is 12.2. The standard InChI is InChI=1S/C17H25NO3/c1-12-7-8-14(13(2)11-12)18(6)15(19)9-10-16(20)21-17(3,4)5/h7-8,11H,9-10H2,1-6H3. The summed E-state index contributed by atoms with van der Waals surface area (Å²) in [6, 6.07) is 5.93. The minimum Gasteiger partial charge on any atom is -0.460 e. The molecule has 0 atom stereocenters. The van der Waals surface area contributed by atoms with Gasteiger partial charge in [0.05, 0.1) is 6.42 Å². The first kappa shape index (κ1) is 17.2. The molecule has 0 radical (unpaired) electrons. The van der Waals surface area contributed by atoms with Gasteiger partial charge in [-0.25, -0.2) is 0 Å². The van der Waals surface area contributed by atoms with E-state index in [1.807, 2.05) is 52.8 Å².